The lowest BCUT2D eigenvalue weighted by Crippen LogP contribution is -2.14. The van der Waals surface area contributed by atoms with Crippen LogP contribution in [0.25, 0.3) is 11.4 Å². The fourth-order valence-corrected chi connectivity index (χ4v) is 2.94. The van der Waals surface area contributed by atoms with Crippen LogP contribution in [-0.4, -0.2) is 34.0 Å². The highest BCUT2D eigenvalue weighted by Crippen LogP contribution is 2.22. The first-order chi connectivity index (χ1) is 12.1. The summed E-state index contributed by atoms with van der Waals surface area (Å²) < 4.78 is 6.13. The molecule has 0 atom stereocenters. The van der Waals surface area contributed by atoms with Crippen molar-refractivity contribution in [1.82, 2.24) is 15.2 Å². The highest BCUT2D eigenvalue weighted by atomic mass is 79.9. The number of carbonyl (C=O) groups is 1. The van der Waals surface area contributed by atoms with E-state index in [1.165, 1.54) is 11.8 Å². The Hall–Kier alpha value is -2.32. The molecule has 0 aliphatic heterocycles. The van der Waals surface area contributed by atoms with Crippen LogP contribution in [0.15, 0.2) is 58.2 Å². The number of rotatable bonds is 6. The van der Waals surface area contributed by atoms with E-state index >= 15 is 0 Å². The van der Waals surface area contributed by atoms with Crippen LogP contribution in [-0.2, 0) is 4.79 Å². The van der Waals surface area contributed by atoms with Gasteiger partial charge in [-0.2, -0.15) is 0 Å². The lowest BCUT2D eigenvalue weighted by Gasteiger charge is -2.06. The Labute approximate surface area is 157 Å². The van der Waals surface area contributed by atoms with Gasteiger partial charge < -0.3 is 10.1 Å². The maximum atomic E-state index is 12.1. The molecule has 1 heterocycles. The summed E-state index contributed by atoms with van der Waals surface area (Å²) in [5.74, 6) is 1.45. The zero-order chi connectivity index (χ0) is 17.6. The van der Waals surface area contributed by atoms with Crippen LogP contribution in [0.1, 0.15) is 0 Å². The molecule has 0 bridgehead atoms. The number of carbonyl (C=O) groups excluding carboxylic acids is 1. The largest absolute Gasteiger partial charge is 0.497 e. The van der Waals surface area contributed by atoms with Crippen LogP contribution in [0.5, 0.6) is 5.75 Å². The lowest BCUT2D eigenvalue weighted by molar-refractivity contribution is -0.113. The molecule has 0 aliphatic rings. The Bertz CT molecular complexity index is 867. The van der Waals surface area contributed by atoms with Crippen molar-refractivity contribution >= 4 is 39.3 Å². The molecule has 1 amide bonds. The lowest BCUT2D eigenvalue weighted by atomic mass is 10.2. The van der Waals surface area contributed by atoms with Gasteiger partial charge in [0, 0.05) is 21.8 Å². The summed E-state index contributed by atoms with van der Waals surface area (Å²) in [5.41, 5.74) is 1.62. The number of nitrogens with one attached hydrogen (secondary N) is 2. The SMILES string of the molecule is COc1cccc(NC(=O)CSc2n[nH]c(-c3ccc(Br)cc3)n2)c1. The maximum Gasteiger partial charge on any atom is 0.234 e. The quantitative estimate of drug-likeness (QED) is 0.591. The normalized spacial score (nSPS) is 10.5. The molecule has 0 fully saturated rings. The number of amides is 1. The first kappa shape index (κ1) is 17.5. The predicted octanol–water partition coefficient (Wildman–Crippen LogP) is 3.97. The zero-order valence-corrected chi connectivity index (χ0v) is 15.7. The van der Waals surface area contributed by atoms with Gasteiger partial charge in [-0.15, -0.1) is 5.10 Å². The number of hydrogen-bond acceptors (Lipinski definition) is 5. The third-order valence-electron chi connectivity index (χ3n) is 3.27. The third kappa shape index (κ3) is 4.83. The average molecular weight is 419 g/mol. The molecular formula is C17H15BrN4O2S. The van der Waals surface area contributed by atoms with E-state index in [0.29, 0.717) is 22.4 Å². The standard InChI is InChI=1S/C17H15BrN4O2S/c1-24-14-4-2-3-13(9-14)19-15(23)10-25-17-20-16(21-22-17)11-5-7-12(18)8-6-11/h2-9H,10H2,1H3,(H,19,23)(H,20,21,22). The van der Waals surface area contributed by atoms with Crippen LogP contribution >= 0.6 is 27.7 Å². The second-order valence-electron chi connectivity index (χ2n) is 5.04. The number of H-pyrrole nitrogens is 1. The minimum atomic E-state index is -0.131. The number of aromatic amines is 1. The van der Waals surface area contributed by atoms with Gasteiger partial charge in [0.2, 0.25) is 11.1 Å². The highest BCUT2D eigenvalue weighted by Gasteiger charge is 2.09. The number of methoxy groups -OCH3 is 1. The molecule has 2 N–H and O–H groups in total. The zero-order valence-electron chi connectivity index (χ0n) is 13.3. The fourth-order valence-electron chi connectivity index (χ4n) is 2.08. The Morgan fingerprint density at radius 2 is 2.08 bits per heavy atom. The summed E-state index contributed by atoms with van der Waals surface area (Å²) in [4.78, 5) is 16.5. The molecule has 0 saturated carbocycles. The summed E-state index contributed by atoms with van der Waals surface area (Å²) in [6, 6.07) is 15.0. The van der Waals surface area contributed by atoms with Crippen LogP contribution in [0.2, 0.25) is 0 Å². The van der Waals surface area contributed by atoms with E-state index in [1.807, 2.05) is 42.5 Å². The van der Waals surface area contributed by atoms with Crippen LogP contribution in [0, 0.1) is 0 Å². The van der Waals surface area contributed by atoms with Crippen LogP contribution < -0.4 is 10.1 Å². The molecule has 0 unspecified atom stereocenters. The first-order valence-corrected chi connectivity index (χ1v) is 9.17. The van der Waals surface area contributed by atoms with Crippen molar-refractivity contribution in [3.63, 3.8) is 0 Å². The molecule has 0 spiro atoms. The summed E-state index contributed by atoms with van der Waals surface area (Å²) in [5, 5.41) is 10.4. The molecular weight excluding hydrogens is 404 g/mol. The van der Waals surface area contributed by atoms with Gasteiger partial charge in [-0.05, 0) is 24.3 Å². The van der Waals surface area contributed by atoms with Crippen molar-refractivity contribution in [2.45, 2.75) is 5.16 Å². The number of hydrogen-bond donors (Lipinski definition) is 2. The number of anilines is 1. The van der Waals surface area contributed by atoms with E-state index < -0.39 is 0 Å². The van der Waals surface area contributed by atoms with Gasteiger partial charge in [0.1, 0.15) is 5.75 Å². The van der Waals surface area contributed by atoms with Gasteiger partial charge in [-0.1, -0.05) is 45.9 Å². The van der Waals surface area contributed by atoms with E-state index in [0.717, 1.165) is 10.0 Å². The molecule has 3 rings (SSSR count). The molecule has 0 aliphatic carbocycles. The molecule has 128 valence electrons. The van der Waals surface area contributed by atoms with Gasteiger partial charge in [-0.25, -0.2) is 4.98 Å². The molecule has 0 radical (unpaired) electrons. The highest BCUT2D eigenvalue weighted by molar-refractivity contribution is 9.10. The topological polar surface area (TPSA) is 79.9 Å². The number of thioether (sulfide) groups is 1. The minimum Gasteiger partial charge on any atom is -0.497 e. The van der Waals surface area contributed by atoms with Gasteiger partial charge >= 0.3 is 0 Å². The molecule has 8 heteroatoms. The van der Waals surface area contributed by atoms with Gasteiger partial charge in [0.15, 0.2) is 5.82 Å². The summed E-state index contributed by atoms with van der Waals surface area (Å²) in [6.45, 7) is 0. The van der Waals surface area contributed by atoms with E-state index in [2.05, 4.69) is 36.4 Å². The smallest absolute Gasteiger partial charge is 0.234 e. The summed E-state index contributed by atoms with van der Waals surface area (Å²) >= 11 is 4.67. The number of halogens is 1. The second kappa shape index (κ2) is 8.17. The Balaban J connectivity index is 1.56. The minimum absolute atomic E-state index is 0.131. The monoisotopic (exact) mass is 418 g/mol. The van der Waals surface area contributed by atoms with Crippen molar-refractivity contribution in [2.75, 3.05) is 18.2 Å². The van der Waals surface area contributed by atoms with Crippen molar-refractivity contribution in [3.8, 4) is 17.1 Å². The molecule has 2 aromatic carbocycles. The van der Waals surface area contributed by atoms with E-state index in [4.69, 9.17) is 4.74 Å². The average Bonchev–Trinajstić information content (AvgIpc) is 3.10. The fraction of sp³-hybridized carbons (Fsp3) is 0.118. The number of benzene rings is 2. The Kier molecular flexibility index (Phi) is 5.72. The Morgan fingerprint density at radius 3 is 2.84 bits per heavy atom. The van der Waals surface area contributed by atoms with E-state index in [9.17, 15) is 4.79 Å². The van der Waals surface area contributed by atoms with Crippen molar-refractivity contribution in [3.05, 3.63) is 53.0 Å². The van der Waals surface area contributed by atoms with E-state index in [1.54, 1.807) is 13.2 Å². The predicted molar refractivity (Wildman–Crippen MR) is 102 cm³/mol. The van der Waals surface area contributed by atoms with Crippen molar-refractivity contribution in [2.24, 2.45) is 0 Å². The molecule has 0 saturated heterocycles. The van der Waals surface area contributed by atoms with Crippen molar-refractivity contribution < 1.29 is 9.53 Å². The van der Waals surface area contributed by atoms with Crippen LogP contribution in [0.4, 0.5) is 5.69 Å². The van der Waals surface area contributed by atoms with Crippen molar-refractivity contribution in [1.29, 1.82) is 0 Å². The second-order valence-corrected chi connectivity index (χ2v) is 6.90. The molecule has 1 aromatic heterocycles. The van der Waals surface area contributed by atoms with Crippen LogP contribution in [0.3, 0.4) is 0 Å². The number of ether oxygens (including phenoxy) is 1. The summed E-state index contributed by atoms with van der Waals surface area (Å²) in [7, 11) is 1.59. The number of nitrogens with zero attached hydrogens (tertiary/aromatic N) is 2. The van der Waals surface area contributed by atoms with E-state index in [-0.39, 0.29) is 11.7 Å². The van der Waals surface area contributed by atoms with Gasteiger partial charge in [0.05, 0.1) is 12.9 Å². The molecule has 25 heavy (non-hydrogen) atoms. The first-order valence-electron chi connectivity index (χ1n) is 7.39. The Morgan fingerprint density at radius 1 is 1.28 bits per heavy atom. The number of aromatic nitrogens is 3. The maximum absolute atomic E-state index is 12.1. The summed E-state index contributed by atoms with van der Waals surface area (Å²) in [6.07, 6.45) is 0. The molecule has 3 aromatic rings. The van der Waals surface area contributed by atoms with Gasteiger partial charge in [0.25, 0.3) is 0 Å². The van der Waals surface area contributed by atoms with Gasteiger partial charge in [-0.3, -0.25) is 9.89 Å². The molecule has 6 nitrogen and oxygen atoms in total. The third-order valence-corrected chi connectivity index (χ3v) is 4.64.